The molecule has 0 bridgehead atoms. The highest BCUT2D eigenvalue weighted by atomic mass is 35.5. The summed E-state index contributed by atoms with van der Waals surface area (Å²) in [4.78, 5) is 11.0. The molecule has 1 amide bonds. The van der Waals surface area contributed by atoms with Crippen LogP contribution in [0.4, 0.5) is 0 Å². The van der Waals surface area contributed by atoms with Crippen LogP contribution in [0.1, 0.15) is 24.3 Å². The molecule has 1 fully saturated rings. The van der Waals surface area contributed by atoms with Crippen LogP contribution in [0.3, 0.4) is 0 Å². The second-order valence-electron chi connectivity index (χ2n) is 4.12. The van der Waals surface area contributed by atoms with E-state index in [0.717, 1.165) is 17.9 Å². The SMILES string of the molecule is O=C(CCl)NC1CC(c2ccc(Cl)cc2)C1. The zero-order valence-corrected chi connectivity index (χ0v) is 10.3. The van der Waals surface area contributed by atoms with E-state index in [1.54, 1.807) is 0 Å². The summed E-state index contributed by atoms with van der Waals surface area (Å²) in [6.07, 6.45) is 1.98. The quantitative estimate of drug-likeness (QED) is 0.830. The molecule has 1 saturated carbocycles. The molecule has 0 aliphatic heterocycles. The molecule has 0 heterocycles. The van der Waals surface area contributed by atoms with Gasteiger partial charge in [-0.3, -0.25) is 4.79 Å². The number of carbonyl (C=O) groups is 1. The van der Waals surface area contributed by atoms with E-state index in [1.807, 2.05) is 24.3 Å². The third-order valence-corrected chi connectivity index (χ3v) is 3.46. The molecule has 16 heavy (non-hydrogen) atoms. The lowest BCUT2D eigenvalue weighted by Crippen LogP contribution is -2.43. The highest BCUT2D eigenvalue weighted by molar-refractivity contribution is 6.30. The standard InChI is InChI=1S/C12H13Cl2NO/c13-7-12(16)15-11-5-9(6-11)8-1-3-10(14)4-2-8/h1-4,9,11H,5-7H2,(H,15,16). The molecule has 1 aromatic carbocycles. The smallest absolute Gasteiger partial charge is 0.235 e. The Kier molecular flexibility index (Phi) is 3.72. The summed E-state index contributed by atoms with van der Waals surface area (Å²) in [6, 6.07) is 8.19. The topological polar surface area (TPSA) is 29.1 Å². The summed E-state index contributed by atoms with van der Waals surface area (Å²) in [5.74, 6) is 0.501. The molecule has 0 atom stereocenters. The largest absolute Gasteiger partial charge is 0.352 e. The Morgan fingerprint density at radius 2 is 1.94 bits per heavy atom. The summed E-state index contributed by atoms with van der Waals surface area (Å²) in [5.41, 5.74) is 1.29. The highest BCUT2D eigenvalue weighted by Gasteiger charge is 2.30. The van der Waals surface area contributed by atoms with Crippen LogP contribution in [0.15, 0.2) is 24.3 Å². The van der Waals surface area contributed by atoms with Crippen molar-refractivity contribution in [3.63, 3.8) is 0 Å². The van der Waals surface area contributed by atoms with Gasteiger partial charge in [0, 0.05) is 11.1 Å². The van der Waals surface area contributed by atoms with Gasteiger partial charge in [-0.1, -0.05) is 23.7 Å². The first kappa shape index (κ1) is 11.7. The summed E-state index contributed by atoms with van der Waals surface area (Å²) < 4.78 is 0. The van der Waals surface area contributed by atoms with Gasteiger partial charge < -0.3 is 5.32 Å². The van der Waals surface area contributed by atoms with E-state index in [0.29, 0.717) is 5.92 Å². The Labute approximate surface area is 105 Å². The first-order valence-electron chi connectivity index (χ1n) is 5.30. The summed E-state index contributed by atoms with van der Waals surface area (Å²) in [6.45, 7) is 0. The number of amides is 1. The fraction of sp³-hybridized carbons (Fsp3) is 0.417. The predicted octanol–water partition coefficient (Wildman–Crippen LogP) is 2.94. The maximum Gasteiger partial charge on any atom is 0.235 e. The summed E-state index contributed by atoms with van der Waals surface area (Å²) in [7, 11) is 0. The molecule has 0 unspecified atom stereocenters. The molecular weight excluding hydrogens is 245 g/mol. The van der Waals surface area contributed by atoms with Crippen molar-refractivity contribution in [2.45, 2.75) is 24.8 Å². The van der Waals surface area contributed by atoms with E-state index in [4.69, 9.17) is 23.2 Å². The molecule has 1 aliphatic carbocycles. The summed E-state index contributed by atoms with van der Waals surface area (Å²) >= 11 is 11.2. The van der Waals surface area contributed by atoms with Gasteiger partial charge in [0.1, 0.15) is 5.88 Å². The monoisotopic (exact) mass is 257 g/mol. The van der Waals surface area contributed by atoms with Gasteiger partial charge in [0.2, 0.25) is 5.91 Å². The first-order valence-corrected chi connectivity index (χ1v) is 6.21. The predicted molar refractivity (Wildman–Crippen MR) is 66.1 cm³/mol. The fourth-order valence-electron chi connectivity index (χ4n) is 2.01. The average Bonchev–Trinajstić information content (AvgIpc) is 2.24. The van der Waals surface area contributed by atoms with Crippen LogP contribution in [-0.2, 0) is 4.79 Å². The molecule has 1 N–H and O–H groups in total. The van der Waals surface area contributed by atoms with Crippen molar-refractivity contribution in [3.8, 4) is 0 Å². The van der Waals surface area contributed by atoms with Crippen LogP contribution in [0.5, 0.6) is 0 Å². The molecule has 4 heteroatoms. The van der Waals surface area contributed by atoms with Crippen LogP contribution in [0.2, 0.25) is 5.02 Å². The van der Waals surface area contributed by atoms with E-state index in [2.05, 4.69) is 5.32 Å². The van der Waals surface area contributed by atoms with Gasteiger partial charge in [-0.15, -0.1) is 11.6 Å². The molecule has 0 saturated heterocycles. The molecule has 2 nitrogen and oxygen atoms in total. The van der Waals surface area contributed by atoms with Crippen LogP contribution in [-0.4, -0.2) is 17.8 Å². The Bertz CT molecular complexity index is 371. The number of alkyl halides is 1. The molecule has 0 spiro atoms. The Hall–Kier alpha value is -0.730. The minimum atomic E-state index is -0.0822. The summed E-state index contributed by atoms with van der Waals surface area (Å²) in [5, 5.41) is 3.64. The van der Waals surface area contributed by atoms with E-state index < -0.39 is 0 Å². The van der Waals surface area contributed by atoms with Crippen molar-refractivity contribution >= 4 is 29.1 Å². The van der Waals surface area contributed by atoms with Gasteiger partial charge in [-0.25, -0.2) is 0 Å². The van der Waals surface area contributed by atoms with Crippen LogP contribution in [0.25, 0.3) is 0 Å². The number of carbonyl (C=O) groups excluding carboxylic acids is 1. The zero-order chi connectivity index (χ0) is 11.5. The van der Waals surface area contributed by atoms with E-state index in [1.165, 1.54) is 5.56 Å². The highest BCUT2D eigenvalue weighted by Crippen LogP contribution is 2.37. The van der Waals surface area contributed by atoms with E-state index in [9.17, 15) is 4.79 Å². The van der Waals surface area contributed by atoms with Crippen LogP contribution >= 0.6 is 23.2 Å². The van der Waals surface area contributed by atoms with Gasteiger partial charge >= 0.3 is 0 Å². The lowest BCUT2D eigenvalue weighted by atomic mass is 9.76. The van der Waals surface area contributed by atoms with Crippen molar-refractivity contribution in [1.82, 2.24) is 5.32 Å². The molecule has 0 radical (unpaired) electrons. The number of rotatable bonds is 3. The number of hydrogen-bond donors (Lipinski definition) is 1. The second-order valence-corrected chi connectivity index (χ2v) is 4.82. The normalized spacial score (nSPS) is 23.6. The van der Waals surface area contributed by atoms with Gasteiger partial charge in [0.15, 0.2) is 0 Å². The minimum absolute atomic E-state index is 0.0438. The fourth-order valence-corrected chi connectivity index (χ4v) is 2.21. The van der Waals surface area contributed by atoms with Gasteiger partial charge in [-0.05, 0) is 36.5 Å². The number of benzene rings is 1. The van der Waals surface area contributed by atoms with Crippen molar-refractivity contribution in [3.05, 3.63) is 34.9 Å². The Morgan fingerprint density at radius 3 is 2.50 bits per heavy atom. The Morgan fingerprint density at radius 1 is 1.31 bits per heavy atom. The number of hydrogen-bond acceptors (Lipinski definition) is 1. The maximum atomic E-state index is 11.0. The minimum Gasteiger partial charge on any atom is -0.352 e. The molecule has 1 aromatic rings. The van der Waals surface area contributed by atoms with Crippen LogP contribution in [0, 0.1) is 0 Å². The maximum absolute atomic E-state index is 11.0. The van der Waals surface area contributed by atoms with E-state index in [-0.39, 0.29) is 17.8 Å². The Balaban J connectivity index is 1.84. The van der Waals surface area contributed by atoms with E-state index >= 15 is 0 Å². The molecule has 1 aliphatic rings. The first-order chi connectivity index (χ1) is 7.69. The third kappa shape index (κ3) is 2.69. The van der Waals surface area contributed by atoms with Crippen molar-refractivity contribution in [1.29, 1.82) is 0 Å². The number of halogens is 2. The average molecular weight is 258 g/mol. The van der Waals surface area contributed by atoms with Gasteiger partial charge in [0.05, 0.1) is 0 Å². The molecule has 2 rings (SSSR count). The second kappa shape index (κ2) is 5.07. The molecule has 0 aromatic heterocycles. The van der Waals surface area contributed by atoms with Gasteiger partial charge in [-0.2, -0.15) is 0 Å². The lowest BCUT2D eigenvalue weighted by Gasteiger charge is -2.36. The van der Waals surface area contributed by atoms with Crippen molar-refractivity contribution in [2.24, 2.45) is 0 Å². The number of nitrogens with one attached hydrogen (secondary N) is 1. The lowest BCUT2D eigenvalue weighted by molar-refractivity contribution is -0.120. The van der Waals surface area contributed by atoms with Crippen molar-refractivity contribution < 1.29 is 4.79 Å². The molecular formula is C12H13Cl2NO. The third-order valence-electron chi connectivity index (χ3n) is 2.97. The van der Waals surface area contributed by atoms with Crippen molar-refractivity contribution in [2.75, 3.05) is 5.88 Å². The van der Waals surface area contributed by atoms with Crippen LogP contribution < -0.4 is 5.32 Å². The van der Waals surface area contributed by atoms with Gasteiger partial charge in [0.25, 0.3) is 0 Å². The molecule has 86 valence electrons. The zero-order valence-electron chi connectivity index (χ0n) is 8.75.